The van der Waals surface area contributed by atoms with E-state index in [4.69, 9.17) is 0 Å². The van der Waals surface area contributed by atoms with Crippen molar-refractivity contribution in [2.45, 2.75) is 18.9 Å². The summed E-state index contributed by atoms with van der Waals surface area (Å²) in [4.78, 5) is 12.6. The molecular weight excluding hydrogens is 210 g/mol. The van der Waals surface area contributed by atoms with Gasteiger partial charge in [-0.1, -0.05) is 0 Å². The average molecular weight is 222 g/mol. The molecule has 0 aliphatic carbocycles. The second-order valence-corrected chi connectivity index (χ2v) is 3.56. The summed E-state index contributed by atoms with van der Waals surface area (Å²) in [6.07, 6.45) is 0.340. The van der Waals surface area contributed by atoms with Crippen molar-refractivity contribution in [2.75, 3.05) is 20.2 Å². The minimum Gasteiger partial charge on any atom is -0.750 e. The van der Waals surface area contributed by atoms with Gasteiger partial charge in [0.15, 0.2) is 0 Å². The van der Waals surface area contributed by atoms with E-state index in [9.17, 15) is 13.6 Å². The number of ether oxygens (including phenoxy) is 1. The Bertz CT molecular complexity index is 226. The lowest BCUT2D eigenvalue weighted by Gasteiger charge is -2.30. The predicted molar refractivity (Wildman–Crippen MR) is 47.0 cm³/mol. The molecule has 0 bridgehead atoms. The smallest absolute Gasteiger partial charge is 0.409 e. The van der Waals surface area contributed by atoms with Crippen LogP contribution in [0.4, 0.5) is 4.79 Å². The van der Waals surface area contributed by atoms with Gasteiger partial charge in [0.2, 0.25) is 0 Å². The van der Waals surface area contributed by atoms with Crippen molar-refractivity contribution in [2.24, 2.45) is 0 Å². The van der Waals surface area contributed by atoms with E-state index < -0.39 is 11.4 Å². The molecule has 6 nitrogen and oxygen atoms in total. The number of rotatable bonds is 2. The number of likely N-dealkylation sites (tertiary alicyclic amines) is 1. The largest absolute Gasteiger partial charge is 0.750 e. The molecule has 1 heterocycles. The van der Waals surface area contributed by atoms with Crippen LogP contribution in [0.5, 0.6) is 0 Å². The number of carbonyl (C=O) groups excluding carboxylic acids is 1. The molecule has 1 aliphatic heterocycles. The number of hydrogen-bond acceptors (Lipinski definition) is 5. The van der Waals surface area contributed by atoms with Crippen molar-refractivity contribution in [1.29, 1.82) is 0 Å². The predicted octanol–water partition coefficient (Wildman–Crippen LogP) is 0.0279. The van der Waals surface area contributed by atoms with Crippen molar-refractivity contribution in [1.82, 2.24) is 4.90 Å². The number of amides is 1. The molecule has 0 spiro atoms. The Kier molecular flexibility index (Phi) is 4.30. The van der Waals surface area contributed by atoms with Crippen LogP contribution in [0.15, 0.2) is 0 Å². The third kappa shape index (κ3) is 3.24. The average Bonchev–Trinajstić information content (AvgIpc) is 2.17. The molecule has 1 atom stereocenters. The normalized spacial score (nSPS) is 20.6. The zero-order valence-electron chi connectivity index (χ0n) is 7.80. The Morgan fingerprint density at radius 1 is 1.50 bits per heavy atom. The van der Waals surface area contributed by atoms with Crippen molar-refractivity contribution in [3.05, 3.63) is 0 Å². The van der Waals surface area contributed by atoms with Gasteiger partial charge in [-0.2, -0.15) is 0 Å². The number of carbonyl (C=O) groups is 1. The van der Waals surface area contributed by atoms with E-state index >= 15 is 0 Å². The molecule has 1 unspecified atom stereocenters. The van der Waals surface area contributed by atoms with Crippen LogP contribution in [-0.2, 0) is 20.3 Å². The second-order valence-electron chi connectivity index (χ2n) is 2.96. The fraction of sp³-hybridized carbons (Fsp3) is 0.857. The van der Waals surface area contributed by atoms with E-state index in [2.05, 4.69) is 8.92 Å². The van der Waals surface area contributed by atoms with Crippen LogP contribution < -0.4 is 0 Å². The summed E-state index contributed by atoms with van der Waals surface area (Å²) in [5, 5.41) is 0. The van der Waals surface area contributed by atoms with Crippen LogP contribution in [0.2, 0.25) is 0 Å². The maximum Gasteiger partial charge on any atom is 0.409 e. The molecule has 1 amide bonds. The summed E-state index contributed by atoms with van der Waals surface area (Å²) in [5.74, 6) is 0. The molecule has 0 radical (unpaired) electrons. The number of piperidine rings is 1. The van der Waals surface area contributed by atoms with Crippen molar-refractivity contribution < 1.29 is 22.5 Å². The van der Waals surface area contributed by atoms with E-state index in [1.54, 1.807) is 0 Å². The topological polar surface area (TPSA) is 78.9 Å². The summed E-state index contributed by atoms with van der Waals surface area (Å²) in [6.45, 7) is 0.934. The van der Waals surface area contributed by atoms with Gasteiger partial charge < -0.3 is 14.2 Å². The Morgan fingerprint density at radius 3 is 2.50 bits per heavy atom. The Morgan fingerprint density at radius 2 is 2.07 bits per heavy atom. The third-order valence-corrected chi connectivity index (χ3v) is 2.52. The maximum atomic E-state index is 11.0. The fourth-order valence-corrected chi connectivity index (χ4v) is 1.79. The lowest BCUT2D eigenvalue weighted by atomic mass is 10.1. The highest BCUT2D eigenvalue weighted by atomic mass is 32.2. The van der Waals surface area contributed by atoms with Crippen LogP contribution >= 0.6 is 0 Å². The highest BCUT2D eigenvalue weighted by Crippen LogP contribution is 2.14. The highest BCUT2D eigenvalue weighted by molar-refractivity contribution is 7.74. The van der Waals surface area contributed by atoms with Gasteiger partial charge in [-0.25, -0.2) is 9.00 Å². The molecule has 1 fully saturated rings. The van der Waals surface area contributed by atoms with E-state index in [1.165, 1.54) is 12.0 Å². The number of hydrogen-bond donors (Lipinski definition) is 0. The first kappa shape index (κ1) is 11.4. The zero-order chi connectivity index (χ0) is 10.6. The lowest BCUT2D eigenvalue weighted by Crippen LogP contribution is -2.40. The van der Waals surface area contributed by atoms with Gasteiger partial charge in [0.25, 0.3) is 0 Å². The van der Waals surface area contributed by atoms with E-state index in [0.29, 0.717) is 25.9 Å². The number of methoxy groups -OCH3 is 1. The summed E-state index contributed by atoms with van der Waals surface area (Å²) < 4.78 is 29.5. The summed E-state index contributed by atoms with van der Waals surface area (Å²) in [6, 6.07) is 0. The van der Waals surface area contributed by atoms with Gasteiger partial charge in [-0.05, 0) is 12.8 Å². The molecule has 1 saturated heterocycles. The molecule has 0 N–H and O–H groups in total. The molecule has 82 valence electrons. The molecule has 7 heteroatoms. The summed E-state index contributed by atoms with van der Waals surface area (Å²) in [7, 11) is 1.32. The van der Waals surface area contributed by atoms with Crippen LogP contribution in [0, 0.1) is 0 Å². The van der Waals surface area contributed by atoms with Gasteiger partial charge in [-0.15, -0.1) is 0 Å². The summed E-state index contributed by atoms with van der Waals surface area (Å²) in [5.41, 5.74) is 0. The first-order valence-electron chi connectivity index (χ1n) is 4.22. The van der Waals surface area contributed by atoms with Crippen molar-refractivity contribution >= 4 is 17.5 Å². The molecule has 0 saturated carbocycles. The number of nitrogens with zero attached hydrogens (tertiary/aromatic N) is 1. The Labute approximate surface area is 84.7 Å². The highest BCUT2D eigenvalue weighted by Gasteiger charge is 2.23. The molecule has 1 rings (SSSR count). The quantitative estimate of drug-likeness (QED) is 0.616. The Balaban J connectivity index is 2.31. The first-order valence-corrected chi connectivity index (χ1v) is 5.22. The third-order valence-electron chi connectivity index (χ3n) is 2.09. The SMILES string of the molecule is COC(=O)N1CCC(OS(=O)[O-])CC1. The van der Waals surface area contributed by atoms with E-state index in [-0.39, 0.29) is 12.2 Å². The van der Waals surface area contributed by atoms with Crippen molar-refractivity contribution in [3.63, 3.8) is 0 Å². The minimum atomic E-state index is -2.47. The van der Waals surface area contributed by atoms with Crippen LogP contribution in [-0.4, -0.2) is 46.1 Å². The molecule has 0 aromatic rings. The molecule has 14 heavy (non-hydrogen) atoms. The monoisotopic (exact) mass is 222 g/mol. The zero-order valence-corrected chi connectivity index (χ0v) is 8.62. The van der Waals surface area contributed by atoms with Gasteiger partial charge in [-0.3, -0.25) is 4.18 Å². The molecular formula is C7H12NO5S-. The fourth-order valence-electron chi connectivity index (χ4n) is 1.37. The van der Waals surface area contributed by atoms with Gasteiger partial charge >= 0.3 is 6.09 Å². The molecule has 1 aliphatic rings. The standard InChI is InChI=1S/C7H13NO5S/c1-12-7(9)8-4-2-6(3-5-8)13-14(10)11/h6H,2-5H2,1H3,(H,10,11)/p-1. The minimum absolute atomic E-state index is 0.311. The van der Waals surface area contributed by atoms with E-state index in [1.807, 2.05) is 0 Å². The van der Waals surface area contributed by atoms with Crippen LogP contribution in [0.3, 0.4) is 0 Å². The van der Waals surface area contributed by atoms with Crippen LogP contribution in [0.25, 0.3) is 0 Å². The Hall–Kier alpha value is -0.660. The first-order chi connectivity index (χ1) is 6.63. The maximum absolute atomic E-state index is 11.0. The lowest BCUT2D eigenvalue weighted by molar-refractivity contribution is 0.0806. The van der Waals surface area contributed by atoms with Gasteiger partial charge in [0, 0.05) is 13.1 Å². The van der Waals surface area contributed by atoms with Gasteiger partial charge in [0.05, 0.1) is 24.6 Å². The molecule has 0 aromatic carbocycles. The van der Waals surface area contributed by atoms with Crippen molar-refractivity contribution in [3.8, 4) is 0 Å². The second kappa shape index (κ2) is 5.28. The van der Waals surface area contributed by atoms with E-state index in [0.717, 1.165) is 0 Å². The van der Waals surface area contributed by atoms with Gasteiger partial charge in [0.1, 0.15) is 0 Å². The summed E-state index contributed by atoms with van der Waals surface area (Å²) >= 11 is -2.47. The van der Waals surface area contributed by atoms with Crippen LogP contribution in [0.1, 0.15) is 12.8 Å². The molecule has 0 aromatic heterocycles.